The fraction of sp³-hybridized carbons (Fsp3) is 0.818. The number of carbonyl (C=O) groups excluding carboxylic acids is 2. The van der Waals surface area contributed by atoms with Gasteiger partial charge < -0.3 is 30.1 Å². The number of hydrogen-bond donors (Lipinski definition) is 4. The quantitative estimate of drug-likeness (QED) is 0.409. The van der Waals surface area contributed by atoms with Crippen LogP contribution in [0.5, 0.6) is 0 Å². The maximum Gasteiger partial charge on any atom is 0.302 e. The van der Waals surface area contributed by atoms with E-state index in [4.69, 9.17) is 5.11 Å². The number of hydrogen-bond acceptors (Lipinski definition) is 7. The lowest BCUT2D eigenvalue weighted by atomic mass is 9.89. The Bertz CT molecular complexity index is 361. The first-order chi connectivity index (χ1) is 8.74. The Morgan fingerprint density at radius 3 is 2.47 bits per heavy atom. The van der Waals surface area contributed by atoms with E-state index in [1.165, 1.54) is 6.92 Å². The van der Waals surface area contributed by atoms with Crippen LogP contribution in [-0.2, 0) is 14.3 Å². The van der Waals surface area contributed by atoms with Crippen molar-refractivity contribution >= 4 is 11.9 Å². The zero-order valence-corrected chi connectivity index (χ0v) is 10.8. The molecule has 0 aromatic heterocycles. The van der Waals surface area contributed by atoms with Gasteiger partial charge in [-0.2, -0.15) is 0 Å². The molecule has 1 rings (SSSR count). The van der Waals surface area contributed by atoms with Crippen LogP contribution in [0, 0.1) is 0 Å². The summed E-state index contributed by atoms with van der Waals surface area (Å²) < 4.78 is 4.67. The molecule has 0 unspecified atom stereocenters. The van der Waals surface area contributed by atoms with Crippen molar-refractivity contribution in [3.05, 3.63) is 0 Å². The molecule has 0 radical (unpaired) electrons. The number of ether oxygens (including phenoxy) is 1. The minimum atomic E-state index is -2.01. The number of amides is 1. The first kappa shape index (κ1) is 15.8. The van der Waals surface area contributed by atoms with Crippen LogP contribution >= 0.6 is 0 Å². The summed E-state index contributed by atoms with van der Waals surface area (Å²) in [5, 5.41) is 39.0. The number of carbonyl (C=O) groups is 2. The summed E-state index contributed by atoms with van der Waals surface area (Å²) in [6, 6.07) is -1.25. The summed E-state index contributed by atoms with van der Waals surface area (Å²) in [6.45, 7) is 0.847. The first-order valence-corrected chi connectivity index (χ1v) is 5.84. The van der Waals surface area contributed by atoms with Crippen LogP contribution in [-0.4, -0.2) is 80.8 Å². The highest BCUT2D eigenvalue weighted by Crippen LogP contribution is 2.32. The molecule has 1 aliphatic heterocycles. The predicted molar refractivity (Wildman–Crippen MR) is 61.9 cm³/mol. The van der Waals surface area contributed by atoms with Crippen molar-refractivity contribution in [2.75, 3.05) is 19.8 Å². The fourth-order valence-electron chi connectivity index (χ4n) is 2.29. The van der Waals surface area contributed by atoms with Crippen molar-refractivity contribution in [1.29, 1.82) is 0 Å². The average molecular weight is 277 g/mol. The maximum atomic E-state index is 11.5. The van der Waals surface area contributed by atoms with Gasteiger partial charge >= 0.3 is 5.97 Å². The number of aliphatic hydroxyl groups is 4. The second-order valence-electron chi connectivity index (χ2n) is 4.65. The molecule has 110 valence electrons. The van der Waals surface area contributed by atoms with Crippen molar-refractivity contribution in [2.45, 2.75) is 37.7 Å². The van der Waals surface area contributed by atoms with Crippen LogP contribution < -0.4 is 0 Å². The van der Waals surface area contributed by atoms with Crippen molar-refractivity contribution in [2.24, 2.45) is 0 Å². The van der Waals surface area contributed by atoms with E-state index < -0.39 is 48.9 Å². The lowest BCUT2D eigenvalue weighted by Gasteiger charge is -2.36. The minimum Gasteiger partial charge on any atom is -0.463 e. The van der Waals surface area contributed by atoms with Crippen LogP contribution in [0.1, 0.15) is 13.8 Å². The molecule has 8 nitrogen and oxygen atoms in total. The summed E-state index contributed by atoms with van der Waals surface area (Å²) in [5.41, 5.74) is -2.01. The topological polar surface area (TPSA) is 128 Å². The molecule has 0 spiro atoms. The molecule has 0 aromatic carbocycles. The van der Waals surface area contributed by atoms with E-state index in [0.29, 0.717) is 0 Å². The molecule has 1 amide bonds. The van der Waals surface area contributed by atoms with Crippen molar-refractivity contribution in [1.82, 2.24) is 4.90 Å². The van der Waals surface area contributed by atoms with E-state index in [9.17, 15) is 24.9 Å². The Labute approximate surface area is 110 Å². The predicted octanol–water partition coefficient (Wildman–Crippen LogP) is -2.77. The van der Waals surface area contributed by atoms with Gasteiger partial charge in [0.25, 0.3) is 0 Å². The molecule has 4 atom stereocenters. The molecule has 1 aliphatic rings. The van der Waals surface area contributed by atoms with E-state index in [2.05, 4.69) is 4.74 Å². The molecular formula is C11H19NO7. The van der Waals surface area contributed by atoms with Crippen molar-refractivity contribution < 1.29 is 34.8 Å². The third kappa shape index (κ3) is 3.03. The smallest absolute Gasteiger partial charge is 0.302 e. The van der Waals surface area contributed by atoms with E-state index in [1.54, 1.807) is 0 Å². The summed E-state index contributed by atoms with van der Waals surface area (Å²) in [4.78, 5) is 23.3. The molecule has 8 heteroatoms. The molecule has 0 aliphatic carbocycles. The lowest BCUT2D eigenvalue weighted by molar-refractivity contribution is -0.166. The van der Waals surface area contributed by atoms with Gasteiger partial charge in [0.2, 0.25) is 5.91 Å². The Hall–Kier alpha value is -1.22. The highest BCUT2D eigenvalue weighted by atomic mass is 16.5. The summed E-state index contributed by atoms with van der Waals surface area (Å²) in [5.74, 6) is -1.14. The number of rotatable bonds is 4. The second-order valence-corrected chi connectivity index (χ2v) is 4.65. The normalized spacial score (nSPS) is 32.2. The molecule has 1 fully saturated rings. The molecular weight excluding hydrogens is 258 g/mol. The Morgan fingerprint density at radius 2 is 2.05 bits per heavy atom. The molecule has 1 saturated heterocycles. The van der Waals surface area contributed by atoms with Gasteiger partial charge in [-0.15, -0.1) is 0 Å². The standard InChI is InChI=1S/C11H19NO7/c1-6(14)12-3-9(17)11(18,5-19-7(2)15)10(12)8(16)4-13/h8-10,13,16-18H,3-5H2,1-2H3/t8-,9-,10+,11-/m1/s1. The third-order valence-corrected chi connectivity index (χ3v) is 3.26. The van der Waals surface area contributed by atoms with Gasteiger partial charge in [0.15, 0.2) is 0 Å². The van der Waals surface area contributed by atoms with Gasteiger partial charge in [-0.25, -0.2) is 0 Å². The number of nitrogens with zero attached hydrogens (tertiary/aromatic N) is 1. The summed E-state index contributed by atoms with van der Waals surface area (Å²) in [7, 11) is 0. The fourth-order valence-corrected chi connectivity index (χ4v) is 2.29. The lowest BCUT2D eigenvalue weighted by Crippen LogP contribution is -2.59. The van der Waals surface area contributed by atoms with Crippen LogP contribution in [0.15, 0.2) is 0 Å². The monoisotopic (exact) mass is 277 g/mol. The minimum absolute atomic E-state index is 0.213. The number of esters is 1. The molecule has 0 bridgehead atoms. The number of likely N-dealkylation sites (tertiary alicyclic amines) is 1. The van der Waals surface area contributed by atoms with Gasteiger partial charge in [-0.05, 0) is 0 Å². The van der Waals surface area contributed by atoms with Gasteiger partial charge in [-0.1, -0.05) is 0 Å². The zero-order valence-electron chi connectivity index (χ0n) is 10.8. The van der Waals surface area contributed by atoms with Crippen LogP contribution in [0.3, 0.4) is 0 Å². The van der Waals surface area contributed by atoms with E-state index in [1.807, 2.05) is 0 Å². The first-order valence-electron chi connectivity index (χ1n) is 5.84. The second kappa shape index (κ2) is 5.83. The maximum absolute atomic E-state index is 11.5. The van der Waals surface area contributed by atoms with Crippen LogP contribution in [0.25, 0.3) is 0 Å². The van der Waals surface area contributed by atoms with Gasteiger partial charge in [0.05, 0.1) is 19.2 Å². The summed E-state index contributed by atoms with van der Waals surface area (Å²) in [6.07, 6.45) is -2.84. The van der Waals surface area contributed by atoms with Crippen LogP contribution in [0.4, 0.5) is 0 Å². The number of aliphatic hydroxyl groups excluding tert-OH is 3. The van der Waals surface area contributed by atoms with Gasteiger partial charge in [0.1, 0.15) is 24.4 Å². The average Bonchev–Trinajstić information content (AvgIpc) is 2.60. The molecule has 0 saturated carbocycles. The number of β-amino-alcohol motifs (C(OH)–C–C–N with tert-alkyl or cyclic N) is 1. The third-order valence-electron chi connectivity index (χ3n) is 3.26. The van der Waals surface area contributed by atoms with Crippen molar-refractivity contribution in [3.63, 3.8) is 0 Å². The van der Waals surface area contributed by atoms with E-state index in [0.717, 1.165) is 11.8 Å². The van der Waals surface area contributed by atoms with Crippen molar-refractivity contribution in [3.8, 4) is 0 Å². The zero-order chi connectivity index (χ0) is 14.8. The molecule has 0 aromatic rings. The largest absolute Gasteiger partial charge is 0.463 e. The van der Waals surface area contributed by atoms with Gasteiger partial charge in [0, 0.05) is 13.8 Å². The molecule has 19 heavy (non-hydrogen) atoms. The highest BCUT2D eigenvalue weighted by Gasteiger charge is 2.57. The Kier molecular flexibility index (Phi) is 4.86. The van der Waals surface area contributed by atoms with Crippen LogP contribution in [0.2, 0.25) is 0 Å². The van der Waals surface area contributed by atoms with E-state index in [-0.39, 0.29) is 6.54 Å². The summed E-state index contributed by atoms with van der Waals surface area (Å²) >= 11 is 0. The molecule has 4 N–H and O–H groups in total. The van der Waals surface area contributed by atoms with Gasteiger partial charge in [-0.3, -0.25) is 9.59 Å². The Balaban J connectivity index is 3.03. The molecule has 1 heterocycles. The van der Waals surface area contributed by atoms with E-state index >= 15 is 0 Å². The SMILES string of the molecule is CC(=O)OC[C@@]1(O)[C@H](O)CN(C(C)=O)[C@H]1[C@H](O)CO. The highest BCUT2D eigenvalue weighted by molar-refractivity contribution is 5.74. The Morgan fingerprint density at radius 1 is 1.47 bits per heavy atom.